The zero-order valence-electron chi connectivity index (χ0n) is 12.2. The number of rotatable bonds is 5. The number of carbonyl (C=O) groups is 2. The van der Waals surface area contributed by atoms with Crippen LogP contribution >= 0.6 is 22.6 Å². The van der Waals surface area contributed by atoms with Gasteiger partial charge in [0.25, 0.3) is 11.8 Å². The van der Waals surface area contributed by atoms with Gasteiger partial charge in [-0.05, 0) is 46.9 Å². The highest BCUT2D eigenvalue weighted by Gasteiger charge is 2.18. The normalized spacial score (nSPS) is 10.3. The van der Waals surface area contributed by atoms with Crippen molar-refractivity contribution in [3.8, 4) is 0 Å². The summed E-state index contributed by atoms with van der Waals surface area (Å²) < 4.78 is 40.1. The van der Waals surface area contributed by atoms with E-state index in [9.17, 15) is 22.8 Å². The van der Waals surface area contributed by atoms with Crippen LogP contribution in [0.15, 0.2) is 36.4 Å². The van der Waals surface area contributed by atoms with Crippen LogP contribution in [0.25, 0.3) is 0 Å². The summed E-state index contributed by atoms with van der Waals surface area (Å²) in [5.41, 5.74) is -0.103. The van der Waals surface area contributed by atoms with Crippen molar-refractivity contribution in [3.05, 3.63) is 68.5 Å². The molecule has 0 bridgehead atoms. The smallest absolute Gasteiger partial charge is 0.254 e. The van der Waals surface area contributed by atoms with E-state index in [1.807, 2.05) is 22.6 Å². The lowest BCUT2D eigenvalue weighted by atomic mass is 10.2. The van der Waals surface area contributed by atoms with E-state index in [1.54, 1.807) is 24.3 Å². The van der Waals surface area contributed by atoms with Crippen LogP contribution in [-0.4, -0.2) is 24.9 Å². The van der Waals surface area contributed by atoms with Gasteiger partial charge in [0.2, 0.25) is 0 Å². The Morgan fingerprint density at radius 3 is 2.04 bits per heavy atom. The van der Waals surface area contributed by atoms with Crippen LogP contribution in [0, 0.1) is 21.0 Å². The fourth-order valence-electron chi connectivity index (χ4n) is 1.89. The summed E-state index contributed by atoms with van der Waals surface area (Å²) in [5.74, 6) is -5.82. The first-order valence-corrected chi connectivity index (χ1v) is 7.94. The molecule has 0 spiro atoms. The molecular weight excluding hydrogens is 436 g/mol. The van der Waals surface area contributed by atoms with E-state index in [-0.39, 0.29) is 19.0 Å². The highest BCUT2D eigenvalue weighted by Crippen LogP contribution is 2.15. The van der Waals surface area contributed by atoms with Gasteiger partial charge in [-0.25, -0.2) is 13.2 Å². The Kier molecular flexibility index (Phi) is 6.18. The van der Waals surface area contributed by atoms with Crippen molar-refractivity contribution in [2.75, 3.05) is 13.1 Å². The molecule has 0 aliphatic rings. The molecule has 2 amide bonds. The Balaban J connectivity index is 1.87. The molecule has 8 heteroatoms. The first kappa shape index (κ1) is 18.2. The maximum Gasteiger partial charge on any atom is 0.254 e. The first-order valence-electron chi connectivity index (χ1n) is 6.86. The molecule has 0 atom stereocenters. The zero-order valence-corrected chi connectivity index (χ0v) is 14.4. The fourth-order valence-corrected chi connectivity index (χ4v) is 2.52. The second kappa shape index (κ2) is 8.13. The standard InChI is InChI=1S/C16H12F3IN2O2/c17-11-6-5-10(13(18)14(11)19)16(24)22-8-7-21-15(23)9-3-1-2-4-12(9)20/h1-6H,7-8H2,(H,21,23)(H,22,24). The number of nitrogens with one attached hydrogen (secondary N) is 2. The third-order valence-electron chi connectivity index (χ3n) is 3.09. The number of hydrogen-bond donors (Lipinski definition) is 2. The Labute approximate surface area is 149 Å². The Morgan fingerprint density at radius 1 is 0.833 bits per heavy atom. The van der Waals surface area contributed by atoms with Gasteiger partial charge in [0.05, 0.1) is 11.1 Å². The summed E-state index contributed by atoms with van der Waals surface area (Å²) in [5, 5.41) is 4.92. The van der Waals surface area contributed by atoms with Gasteiger partial charge >= 0.3 is 0 Å². The number of amides is 2. The molecule has 0 aromatic heterocycles. The summed E-state index contributed by atoms with van der Waals surface area (Å²) in [6, 6.07) is 8.50. The summed E-state index contributed by atoms with van der Waals surface area (Å²) in [7, 11) is 0. The monoisotopic (exact) mass is 448 g/mol. The van der Waals surface area contributed by atoms with E-state index < -0.39 is 28.9 Å². The number of benzene rings is 2. The minimum atomic E-state index is -1.70. The molecule has 0 aliphatic heterocycles. The van der Waals surface area contributed by atoms with E-state index in [1.165, 1.54) is 0 Å². The molecule has 2 aromatic carbocycles. The highest BCUT2D eigenvalue weighted by molar-refractivity contribution is 14.1. The van der Waals surface area contributed by atoms with Crippen molar-refractivity contribution in [3.63, 3.8) is 0 Å². The van der Waals surface area contributed by atoms with E-state index in [0.29, 0.717) is 11.6 Å². The molecule has 0 aliphatic carbocycles. The third-order valence-corrected chi connectivity index (χ3v) is 4.04. The molecule has 0 saturated carbocycles. The van der Waals surface area contributed by atoms with Gasteiger partial charge in [0, 0.05) is 16.7 Å². The van der Waals surface area contributed by atoms with Crippen LogP contribution in [0.1, 0.15) is 20.7 Å². The average molecular weight is 448 g/mol. The van der Waals surface area contributed by atoms with E-state index in [2.05, 4.69) is 10.6 Å². The summed E-state index contributed by atoms with van der Waals surface area (Å²) >= 11 is 2.03. The lowest BCUT2D eigenvalue weighted by Crippen LogP contribution is -2.35. The largest absolute Gasteiger partial charge is 0.350 e. The van der Waals surface area contributed by atoms with Gasteiger partial charge in [-0.2, -0.15) is 0 Å². The molecule has 2 rings (SSSR count). The Bertz CT molecular complexity index is 784. The van der Waals surface area contributed by atoms with Gasteiger partial charge in [0.15, 0.2) is 17.5 Å². The lowest BCUT2D eigenvalue weighted by molar-refractivity contribution is 0.0924. The van der Waals surface area contributed by atoms with Gasteiger partial charge in [-0.3, -0.25) is 9.59 Å². The average Bonchev–Trinajstić information content (AvgIpc) is 2.56. The van der Waals surface area contributed by atoms with Gasteiger partial charge < -0.3 is 10.6 Å². The maximum atomic E-state index is 13.5. The second-order valence-corrected chi connectivity index (χ2v) is 5.88. The van der Waals surface area contributed by atoms with E-state index in [4.69, 9.17) is 0 Å². The van der Waals surface area contributed by atoms with Gasteiger partial charge in [0.1, 0.15) is 0 Å². The number of halogens is 4. The number of carbonyl (C=O) groups excluding carboxylic acids is 2. The molecule has 4 nitrogen and oxygen atoms in total. The maximum absolute atomic E-state index is 13.5. The van der Waals surface area contributed by atoms with Crippen LogP contribution in [-0.2, 0) is 0 Å². The minimum Gasteiger partial charge on any atom is -0.350 e. The molecule has 0 radical (unpaired) electrons. The molecule has 0 saturated heterocycles. The molecule has 24 heavy (non-hydrogen) atoms. The summed E-state index contributed by atoms with van der Waals surface area (Å²) in [6.07, 6.45) is 0. The van der Waals surface area contributed by atoms with Crippen LogP contribution in [0.5, 0.6) is 0 Å². The van der Waals surface area contributed by atoms with Gasteiger partial charge in [-0.15, -0.1) is 0 Å². The van der Waals surface area contributed by atoms with Gasteiger partial charge in [-0.1, -0.05) is 12.1 Å². The van der Waals surface area contributed by atoms with E-state index in [0.717, 1.165) is 9.64 Å². The lowest BCUT2D eigenvalue weighted by Gasteiger charge is -2.09. The van der Waals surface area contributed by atoms with Crippen molar-refractivity contribution in [1.82, 2.24) is 10.6 Å². The zero-order chi connectivity index (χ0) is 17.7. The minimum absolute atomic E-state index is 0.00637. The van der Waals surface area contributed by atoms with Crippen LogP contribution in [0.4, 0.5) is 13.2 Å². The van der Waals surface area contributed by atoms with Crippen LogP contribution < -0.4 is 10.6 Å². The first-order chi connectivity index (χ1) is 11.4. The molecule has 0 fully saturated rings. The van der Waals surface area contributed by atoms with Crippen LogP contribution in [0.2, 0.25) is 0 Å². The summed E-state index contributed by atoms with van der Waals surface area (Å²) in [6.45, 7) is 0.104. The fraction of sp³-hybridized carbons (Fsp3) is 0.125. The van der Waals surface area contributed by atoms with Crippen molar-refractivity contribution in [2.24, 2.45) is 0 Å². The molecule has 2 N–H and O–H groups in total. The molecule has 2 aromatic rings. The predicted molar refractivity (Wildman–Crippen MR) is 90.1 cm³/mol. The van der Waals surface area contributed by atoms with E-state index >= 15 is 0 Å². The van der Waals surface area contributed by atoms with Crippen molar-refractivity contribution in [2.45, 2.75) is 0 Å². The van der Waals surface area contributed by atoms with Crippen molar-refractivity contribution in [1.29, 1.82) is 0 Å². The summed E-state index contributed by atoms with van der Waals surface area (Å²) in [4.78, 5) is 23.7. The molecular formula is C16H12F3IN2O2. The predicted octanol–water partition coefficient (Wildman–Crippen LogP) is 2.87. The molecule has 126 valence electrons. The Hall–Kier alpha value is -2.10. The third kappa shape index (κ3) is 4.25. The molecule has 0 unspecified atom stereocenters. The molecule has 0 heterocycles. The van der Waals surface area contributed by atoms with Crippen molar-refractivity contribution >= 4 is 34.4 Å². The Morgan fingerprint density at radius 2 is 1.42 bits per heavy atom. The van der Waals surface area contributed by atoms with Crippen molar-refractivity contribution < 1.29 is 22.8 Å². The number of hydrogen-bond acceptors (Lipinski definition) is 2. The SMILES string of the molecule is O=C(NCCNC(=O)c1ccc(F)c(F)c1F)c1ccccc1I. The highest BCUT2D eigenvalue weighted by atomic mass is 127. The van der Waals surface area contributed by atoms with Crippen LogP contribution in [0.3, 0.4) is 0 Å². The quantitative estimate of drug-likeness (QED) is 0.420. The topological polar surface area (TPSA) is 58.2 Å². The second-order valence-electron chi connectivity index (χ2n) is 4.71.